The number of nitrogens with one attached hydrogen (secondary N) is 1. The molecule has 0 aliphatic heterocycles. The van der Waals surface area contributed by atoms with Crippen molar-refractivity contribution in [2.45, 2.75) is 19.8 Å². The molecule has 0 unspecified atom stereocenters. The molecule has 110 valence electrons. The molecule has 0 aliphatic rings. The van der Waals surface area contributed by atoms with Crippen LogP contribution in [0.2, 0.25) is 0 Å². The lowest BCUT2D eigenvalue weighted by Gasteiger charge is -2.13. The van der Waals surface area contributed by atoms with Crippen LogP contribution in [0.5, 0.6) is 0 Å². The van der Waals surface area contributed by atoms with E-state index in [2.05, 4.69) is 5.32 Å². The zero-order chi connectivity index (χ0) is 15.4. The summed E-state index contributed by atoms with van der Waals surface area (Å²) in [6, 6.07) is 13.3. The summed E-state index contributed by atoms with van der Waals surface area (Å²) in [6.45, 7) is 4.38. The van der Waals surface area contributed by atoms with Gasteiger partial charge < -0.3 is 9.88 Å². The van der Waals surface area contributed by atoms with Gasteiger partial charge in [0, 0.05) is 19.3 Å². The van der Waals surface area contributed by atoms with Crippen LogP contribution in [0.15, 0.2) is 47.3 Å². The fraction of sp³-hybridized carbons (Fsp3) is 0.294. The molecule has 1 amide bonds. The number of carbonyl (C=O) groups excluding carboxylic acids is 1. The highest BCUT2D eigenvalue weighted by molar-refractivity contribution is 5.93. The lowest BCUT2D eigenvalue weighted by molar-refractivity contribution is 0.0949. The van der Waals surface area contributed by atoms with E-state index < -0.39 is 0 Å². The van der Waals surface area contributed by atoms with Crippen LogP contribution in [0.4, 0.5) is 0 Å². The summed E-state index contributed by atoms with van der Waals surface area (Å²) >= 11 is 0. The summed E-state index contributed by atoms with van der Waals surface area (Å²) in [5.41, 5.74) is 1.91. The highest BCUT2D eigenvalue weighted by Gasteiger charge is 2.13. The SMILES string of the molecule is Cc1ccc(C(=O)NC[C@@H](C)c2ccccc2)c(=O)n1C. The first-order valence-corrected chi connectivity index (χ1v) is 7.00. The van der Waals surface area contributed by atoms with Crippen LogP contribution < -0.4 is 10.9 Å². The lowest BCUT2D eigenvalue weighted by atomic mass is 10.0. The van der Waals surface area contributed by atoms with Gasteiger partial charge in [-0.05, 0) is 30.5 Å². The van der Waals surface area contributed by atoms with Crippen molar-refractivity contribution in [3.63, 3.8) is 0 Å². The van der Waals surface area contributed by atoms with Crippen LogP contribution in [0.25, 0.3) is 0 Å². The van der Waals surface area contributed by atoms with E-state index in [0.29, 0.717) is 6.54 Å². The van der Waals surface area contributed by atoms with E-state index in [9.17, 15) is 9.59 Å². The molecule has 0 saturated carbocycles. The van der Waals surface area contributed by atoms with Gasteiger partial charge >= 0.3 is 0 Å². The fourth-order valence-electron chi connectivity index (χ4n) is 2.14. The van der Waals surface area contributed by atoms with Crippen LogP contribution in [-0.4, -0.2) is 17.0 Å². The van der Waals surface area contributed by atoms with Gasteiger partial charge in [0.1, 0.15) is 5.56 Å². The maximum Gasteiger partial charge on any atom is 0.263 e. The predicted molar refractivity (Wildman–Crippen MR) is 83.6 cm³/mol. The largest absolute Gasteiger partial charge is 0.351 e. The minimum absolute atomic E-state index is 0.184. The molecule has 1 heterocycles. The van der Waals surface area contributed by atoms with Crippen LogP contribution in [0, 0.1) is 6.92 Å². The van der Waals surface area contributed by atoms with Crippen molar-refractivity contribution in [2.75, 3.05) is 6.54 Å². The van der Waals surface area contributed by atoms with Gasteiger partial charge in [0.25, 0.3) is 11.5 Å². The smallest absolute Gasteiger partial charge is 0.263 e. The van der Waals surface area contributed by atoms with Gasteiger partial charge in [0.05, 0.1) is 0 Å². The number of nitrogens with zero attached hydrogens (tertiary/aromatic N) is 1. The Morgan fingerprint density at radius 2 is 1.86 bits per heavy atom. The van der Waals surface area contributed by atoms with E-state index in [-0.39, 0.29) is 22.9 Å². The quantitative estimate of drug-likeness (QED) is 0.936. The van der Waals surface area contributed by atoms with Crippen molar-refractivity contribution in [1.29, 1.82) is 0 Å². The van der Waals surface area contributed by atoms with E-state index in [1.165, 1.54) is 4.57 Å². The minimum Gasteiger partial charge on any atom is -0.351 e. The first-order chi connectivity index (χ1) is 10.0. The Morgan fingerprint density at radius 1 is 1.19 bits per heavy atom. The first kappa shape index (κ1) is 15.0. The molecule has 1 N–H and O–H groups in total. The Morgan fingerprint density at radius 3 is 2.52 bits per heavy atom. The Balaban J connectivity index is 2.06. The van der Waals surface area contributed by atoms with E-state index in [1.54, 1.807) is 19.2 Å². The molecule has 1 aromatic heterocycles. The molecule has 0 saturated heterocycles. The maximum absolute atomic E-state index is 12.1. The molecule has 4 nitrogen and oxygen atoms in total. The first-order valence-electron chi connectivity index (χ1n) is 7.00. The summed E-state index contributed by atoms with van der Waals surface area (Å²) in [6.07, 6.45) is 0. The summed E-state index contributed by atoms with van der Waals surface area (Å²) in [5, 5.41) is 2.83. The van der Waals surface area contributed by atoms with Gasteiger partial charge in [0.2, 0.25) is 0 Å². The average molecular weight is 284 g/mol. The molecular formula is C17H20N2O2. The van der Waals surface area contributed by atoms with E-state index in [4.69, 9.17) is 0 Å². The summed E-state index contributed by atoms with van der Waals surface area (Å²) < 4.78 is 1.48. The Kier molecular flexibility index (Phi) is 4.58. The third-order valence-electron chi connectivity index (χ3n) is 3.74. The third-order valence-corrected chi connectivity index (χ3v) is 3.74. The fourth-order valence-corrected chi connectivity index (χ4v) is 2.14. The number of pyridine rings is 1. The molecule has 1 atom stereocenters. The molecule has 0 aliphatic carbocycles. The van der Waals surface area contributed by atoms with Crippen molar-refractivity contribution in [3.05, 3.63) is 69.6 Å². The number of benzene rings is 1. The van der Waals surface area contributed by atoms with Gasteiger partial charge in [-0.3, -0.25) is 9.59 Å². The number of amides is 1. The average Bonchev–Trinajstić information content (AvgIpc) is 2.51. The second-order valence-electron chi connectivity index (χ2n) is 5.27. The van der Waals surface area contributed by atoms with Gasteiger partial charge in [0.15, 0.2) is 0 Å². The number of aromatic nitrogens is 1. The molecule has 2 aromatic rings. The predicted octanol–water partition coefficient (Wildman–Crippen LogP) is 2.23. The number of rotatable bonds is 4. The number of carbonyl (C=O) groups is 1. The van der Waals surface area contributed by atoms with E-state index in [0.717, 1.165) is 11.3 Å². The highest BCUT2D eigenvalue weighted by atomic mass is 16.2. The van der Waals surface area contributed by atoms with Crippen molar-refractivity contribution < 1.29 is 4.79 Å². The molecule has 0 bridgehead atoms. The van der Waals surface area contributed by atoms with Crippen molar-refractivity contribution >= 4 is 5.91 Å². The van der Waals surface area contributed by atoms with E-state index in [1.807, 2.05) is 44.2 Å². The van der Waals surface area contributed by atoms with Gasteiger partial charge in [-0.15, -0.1) is 0 Å². The summed E-state index contributed by atoms with van der Waals surface area (Å²) in [5.74, 6) is -0.122. The van der Waals surface area contributed by atoms with Gasteiger partial charge in [-0.25, -0.2) is 0 Å². The standard InChI is InChI=1S/C17H20N2O2/c1-12(14-7-5-4-6-8-14)11-18-16(20)15-10-9-13(2)19(3)17(15)21/h4-10,12H,11H2,1-3H3,(H,18,20)/t12-/m1/s1. The maximum atomic E-state index is 12.1. The van der Waals surface area contributed by atoms with Gasteiger partial charge in [-0.2, -0.15) is 0 Å². The summed E-state index contributed by atoms with van der Waals surface area (Å²) in [4.78, 5) is 24.2. The lowest BCUT2D eigenvalue weighted by Crippen LogP contribution is -2.34. The van der Waals surface area contributed by atoms with Crippen molar-refractivity contribution in [1.82, 2.24) is 9.88 Å². The van der Waals surface area contributed by atoms with Crippen LogP contribution in [-0.2, 0) is 7.05 Å². The second-order valence-corrected chi connectivity index (χ2v) is 5.27. The minimum atomic E-state index is -0.321. The Bertz CT molecular complexity index is 690. The molecule has 2 rings (SSSR count). The third kappa shape index (κ3) is 3.40. The number of hydrogen-bond donors (Lipinski definition) is 1. The zero-order valence-corrected chi connectivity index (χ0v) is 12.6. The Hall–Kier alpha value is -2.36. The van der Waals surface area contributed by atoms with E-state index >= 15 is 0 Å². The normalized spacial score (nSPS) is 12.0. The Labute approximate surface area is 124 Å². The molecule has 0 spiro atoms. The molecular weight excluding hydrogens is 264 g/mol. The summed E-state index contributed by atoms with van der Waals surface area (Å²) in [7, 11) is 1.67. The number of hydrogen-bond acceptors (Lipinski definition) is 2. The highest BCUT2D eigenvalue weighted by Crippen LogP contribution is 2.13. The van der Waals surface area contributed by atoms with Crippen LogP contribution >= 0.6 is 0 Å². The topological polar surface area (TPSA) is 51.1 Å². The zero-order valence-electron chi connectivity index (χ0n) is 12.6. The molecule has 0 fully saturated rings. The number of aryl methyl sites for hydroxylation is 1. The van der Waals surface area contributed by atoms with Crippen molar-refractivity contribution in [2.24, 2.45) is 7.05 Å². The van der Waals surface area contributed by atoms with Crippen LogP contribution in [0.3, 0.4) is 0 Å². The van der Waals surface area contributed by atoms with Gasteiger partial charge in [-0.1, -0.05) is 37.3 Å². The molecule has 0 radical (unpaired) electrons. The monoisotopic (exact) mass is 284 g/mol. The van der Waals surface area contributed by atoms with Crippen LogP contribution in [0.1, 0.15) is 34.5 Å². The van der Waals surface area contributed by atoms with Crippen molar-refractivity contribution in [3.8, 4) is 0 Å². The molecule has 21 heavy (non-hydrogen) atoms. The molecule has 4 heteroatoms. The molecule has 1 aromatic carbocycles. The second kappa shape index (κ2) is 6.39.